The Bertz CT molecular complexity index is 1200. The number of benzene rings is 2. The molecule has 2 heterocycles. The van der Waals surface area contributed by atoms with Crippen molar-refractivity contribution < 1.29 is 49.0 Å². The lowest BCUT2D eigenvalue weighted by Gasteiger charge is -2.44. The van der Waals surface area contributed by atoms with E-state index in [4.69, 9.17) is 42.1 Å². The summed E-state index contributed by atoms with van der Waals surface area (Å²) in [4.78, 5) is 24.6. The molecule has 0 unspecified atom stereocenters. The number of aliphatic hydroxyl groups is 2. The van der Waals surface area contributed by atoms with Crippen LogP contribution < -0.4 is 4.74 Å². The van der Waals surface area contributed by atoms with Crippen LogP contribution in [0.25, 0.3) is 6.08 Å². The first-order valence-corrected chi connectivity index (χ1v) is 11.0. The number of aromatic hydroxyl groups is 2. The van der Waals surface area contributed by atoms with Crippen LogP contribution in [0.15, 0.2) is 30.3 Å². The quantitative estimate of drug-likeness (QED) is 0.337. The minimum absolute atomic E-state index is 0.0947. The summed E-state index contributed by atoms with van der Waals surface area (Å²) >= 11 is 11.8. The van der Waals surface area contributed by atoms with Crippen LogP contribution in [0.2, 0.25) is 10.0 Å². The van der Waals surface area contributed by atoms with E-state index in [1.54, 1.807) is 18.2 Å². The second kappa shape index (κ2) is 9.92. The van der Waals surface area contributed by atoms with Crippen molar-refractivity contribution in [1.82, 2.24) is 0 Å². The van der Waals surface area contributed by atoms with Crippen molar-refractivity contribution in [3.8, 4) is 17.2 Å². The van der Waals surface area contributed by atoms with Gasteiger partial charge in [0, 0.05) is 11.6 Å². The third kappa shape index (κ3) is 4.75. The number of rotatable bonds is 5. The maximum Gasteiger partial charge on any atom is 0.339 e. The number of hydrogen-bond acceptors (Lipinski definition) is 10. The summed E-state index contributed by atoms with van der Waals surface area (Å²) in [6, 6.07) is 5.80. The first-order valence-electron chi connectivity index (χ1n) is 10.3. The van der Waals surface area contributed by atoms with Crippen LogP contribution in [-0.4, -0.2) is 70.5 Å². The van der Waals surface area contributed by atoms with Gasteiger partial charge in [-0.3, -0.25) is 0 Å². The topological polar surface area (TPSA) is 152 Å². The van der Waals surface area contributed by atoms with E-state index in [0.29, 0.717) is 15.6 Å². The Morgan fingerprint density at radius 2 is 1.89 bits per heavy atom. The molecule has 2 aliphatic rings. The van der Waals surface area contributed by atoms with Crippen molar-refractivity contribution in [3.63, 3.8) is 0 Å². The van der Waals surface area contributed by atoms with Crippen LogP contribution in [0.3, 0.4) is 0 Å². The number of carbonyl (C=O) groups is 2. The number of halogens is 2. The molecule has 35 heavy (non-hydrogen) atoms. The SMILES string of the molecule is COc1c(O)cc2c(c1O)[C@@H]1O[C@H](COC(=O)/C=C/c3ccc(Cl)c(Cl)c3)[C@@H](O)[C@H](O)[C@H]1OC2=O. The first kappa shape index (κ1) is 25.1. The summed E-state index contributed by atoms with van der Waals surface area (Å²) < 4.78 is 21.1. The monoisotopic (exact) mass is 526 g/mol. The largest absolute Gasteiger partial charge is 0.504 e. The number of esters is 2. The number of hydrogen-bond donors (Lipinski definition) is 4. The van der Waals surface area contributed by atoms with Gasteiger partial charge in [-0.15, -0.1) is 0 Å². The predicted molar refractivity (Wildman–Crippen MR) is 122 cm³/mol. The Morgan fingerprint density at radius 3 is 2.57 bits per heavy atom. The molecule has 1 fully saturated rings. The molecule has 4 rings (SSSR count). The lowest BCUT2D eigenvalue weighted by atomic mass is 9.86. The third-order valence-corrected chi connectivity index (χ3v) is 6.40. The molecule has 12 heteroatoms. The smallest absolute Gasteiger partial charge is 0.339 e. The van der Waals surface area contributed by atoms with E-state index in [-0.39, 0.29) is 16.9 Å². The normalized spacial score (nSPS) is 25.5. The molecule has 10 nitrogen and oxygen atoms in total. The number of ether oxygens (including phenoxy) is 4. The number of methoxy groups -OCH3 is 1. The molecule has 2 aromatic rings. The molecule has 0 aromatic heterocycles. The van der Waals surface area contributed by atoms with Crippen molar-refractivity contribution in [3.05, 3.63) is 57.1 Å². The van der Waals surface area contributed by atoms with E-state index in [2.05, 4.69) is 0 Å². The van der Waals surface area contributed by atoms with Crippen LogP contribution in [0.1, 0.15) is 27.6 Å². The van der Waals surface area contributed by atoms with Crippen LogP contribution in [-0.2, 0) is 19.0 Å². The molecule has 0 spiro atoms. The van der Waals surface area contributed by atoms with Crippen LogP contribution in [0.5, 0.6) is 17.2 Å². The van der Waals surface area contributed by atoms with Gasteiger partial charge in [0.05, 0.1) is 22.7 Å². The van der Waals surface area contributed by atoms with Gasteiger partial charge in [-0.2, -0.15) is 0 Å². The third-order valence-electron chi connectivity index (χ3n) is 5.66. The fraction of sp³-hybridized carbons (Fsp3) is 0.304. The van der Waals surface area contributed by atoms with Gasteiger partial charge in [-0.1, -0.05) is 29.3 Å². The Morgan fingerprint density at radius 1 is 1.14 bits per heavy atom. The lowest BCUT2D eigenvalue weighted by Crippen LogP contribution is -2.58. The molecule has 2 aliphatic heterocycles. The van der Waals surface area contributed by atoms with Gasteiger partial charge in [0.25, 0.3) is 0 Å². The van der Waals surface area contributed by atoms with Crippen molar-refractivity contribution in [1.29, 1.82) is 0 Å². The molecular formula is C23H20Cl2O10. The maximum absolute atomic E-state index is 12.4. The fourth-order valence-corrected chi connectivity index (χ4v) is 4.24. The Labute approximate surface area is 208 Å². The average Bonchev–Trinajstić information content (AvgIpc) is 2.82. The number of phenols is 2. The van der Waals surface area contributed by atoms with E-state index in [1.807, 2.05) is 0 Å². The molecule has 0 bridgehead atoms. The highest BCUT2D eigenvalue weighted by molar-refractivity contribution is 6.42. The highest BCUT2D eigenvalue weighted by Crippen LogP contribution is 2.49. The fourth-order valence-electron chi connectivity index (χ4n) is 3.93. The van der Waals surface area contributed by atoms with E-state index in [0.717, 1.165) is 12.1 Å². The minimum atomic E-state index is -1.62. The van der Waals surface area contributed by atoms with Gasteiger partial charge in [0.15, 0.2) is 17.6 Å². The molecule has 0 amide bonds. The van der Waals surface area contributed by atoms with Gasteiger partial charge in [0.2, 0.25) is 5.75 Å². The van der Waals surface area contributed by atoms with Crippen LogP contribution >= 0.6 is 23.2 Å². The van der Waals surface area contributed by atoms with Gasteiger partial charge in [-0.25, -0.2) is 9.59 Å². The van der Waals surface area contributed by atoms with Crippen molar-refractivity contribution in [2.24, 2.45) is 0 Å². The lowest BCUT2D eigenvalue weighted by molar-refractivity contribution is -0.237. The first-order chi connectivity index (χ1) is 16.6. The molecule has 4 N–H and O–H groups in total. The van der Waals surface area contributed by atoms with Crippen molar-refractivity contribution in [2.75, 3.05) is 13.7 Å². The summed E-state index contributed by atoms with van der Waals surface area (Å²) in [7, 11) is 1.20. The van der Waals surface area contributed by atoms with Crippen molar-refractivity contribution in [2.45, 2.75) is 30.5 Å². The highest BCUT2D eigenvalue weighted by Gasteiger charge is 2.52. The van der Waals surface area contributed by atoms with E-state index in [1.165, 1.54) is 13.2 Å². The van der Waals surface area contributed by atoms with Crippen LogP contribution in [0.4, 0.5) is 0 Å². The number of carbonyl (C=O) groups excluding carboxylic acids is 2. The number of phenolic OH excluding ortho intramolecular Hbond substituents is 2. The Hall–Kier alpha value is -3.02. The Kier molecular flexibility index (Phi) is 7.11. The molecule has 186 valence electrons. The standard InChI is InChI=1S/C23H20Cl2O10/c1-32-20-13(26)7-10-16(18(20)29)21-22(35-23(10)31)19(30)17(28)14(34-21)8-33-15(27)5-3-9-2-4-11(24)12(25)6-9/h2-7,14,17,19,21-22,26,28-30H,8H2,1H3/b5-3+/t14-,17-,19+,21+,22-/m1/s1. The molecule has 2 aromatic carbocycles. The number of fused-ring (bicyclic) bond motifs is 3. The van der Waals surface area contributed by atoms with Gasteiger partial charge >= 0.3 is 11.9 Å². The second-order valence-corrected chi connectivity index (χ2v) is 8.64. The molecule has 1 saturated heterocycles. The zero-order valence-electron chi connectivity index (χ0n) is 18.1. The summed E-state index contributed by atoms with van der Waals surface area (Å²) in [5, 5.41) is 42.3. The Balaban J connectivity index is 1.52. The summed E-state index contributed by atoms with van der Waals surface area (Å²) in [5.74, 6) is -3.11. The van der Waals surface area contributed by atoms with Crippen LogP contribution in [0, 0.1) is 0 Å². The van der Waals surface area contributed by atoms with E-state index >= 15 is 0 Å². The summed E-state index contributed by atoms with van der Waals surface area (Å²) in [6.45, 7) is -0.467. The van der Waals surface area contributed by atoms with E-state index < -0.39 is 60.6 Å². The molecular weight excluding hydrogens is 507 g/mol. The summed E-state index contributed by atoms with van der Waals surface area (Å²) in [5.41, 5.74) is 0.297. The predicted octanol–water partition coefficient (Wildman–Crippen LogP) is 2.37. The maximum atomic E-state index is 12.4. The number of aliphatic hydroxyl groups excluding tert-OH is 2. The zero-order valence-corrected chi connectivity index (χ0v) is 19.6. The summed E-state index contributed by atoms with van der Waals surface area (Å²) in [6.07, 6.45) is -4.49. The highest BCUT2D eigenvalue weighted by atomic mass is 35.5. The molecule has 0 aliphatic carbocycles. The minimum Gasteiger partial charge on any atom is -0.504 e. The molecule has 0 saturated carbocycles. The zero-order chi connectivity index (χ0) is 25.4. The second-order valence-electron chi connectivity index (χ2n) is 7.82. The van der Waals surface area contributed by atoms with Crippen molar-refractivity contribution >= 4 is 41.2 Å². The molecule has 0 radical (unpaired) electrons. The van der Waals surface area contributed by atoms with Gasteiger partial charge < -0.3 is 39.4 Å². The van der Waals surface area contributed by atoms with E-state index in [9.17, 15) is 30.0 Å². The van der Waals surface area contributed by atoms with Gasteiger partial charge in [0.1, 0.15) is 31.0 Å². The average molecular weight is 527 g/mol. The van der Waals surface area contributed by atoms with Gasteiger partial charge in [-0.05, 0) is 29.8 Å². The molecule has 5 atom stereocenters.